The Balaban J connectivity index is 2.24. The second kappa shape index (κ2) is 5.33. The molecule has 0 saturated heterocycles. The molecular formula is C17H17NO4. The van der Waals surface area contributed by atoms with E-state index in [1.807, 2.05) is 13.8 Å². The van der Waals surface area contributed by atoms with Crippen molar-refractivity contribution in [2.75, 3.05) is 0 Å². The smallest absolute Gasteiger partial charge is 0.313 e. The van der Waals surface area contributed by atoms with Crippen molar-refractivity contribution < 1.29 is 19.1 Å². The fourth-order valence-electron chi connectivity index (χ4n) is 3.14. The molecule has 2 aromatic rings. The normalized spacial score (nSPS) is 21.0. The van der Waals surface area contributed by atoms with Gasteiger partial charge in [0.05, 0.1) is 6.26 Å². The minimum Gasteiger partial charge on any atom is -0.481 e. The van der Waals surface area contributed by atoms with E-state index in [9.17, 15) is 14.7 Å². The summed E-state index contributed by atoms with van der Waals surface area (Å²) in [4.78, 5) is 26.3. The second-order valence-electron chi connectivity index (χ2n) is 5.67. The summed E-state index contributed by atoms with van der Waals surface area (Å²) in [5.41, 5.74) is 0.990. The number of carbonyl (C=O) groups excluding carboxylic acids is 1. The average molecular weight is 299 g/mol. The van der Waals surface area contributed by atoms with Gasteiger partial charge in [-0.15, -0.1) is 0 Å². The van der Waals surface area contributed by atoms with Crippen LogP contribution in [0.5, 0.6) is 0 Å². The molecule has 5 heteroatoms. The first kappa shape index (κ1) is 14.4. The van der Waals surface area contributed by atoms with Crippen molar-refractivity contribution in [3.63, 3.8) is 0 Å². The van der Waals surface area contributed by atoms with Crippen molar-refractivity contribution in [3.05, 3.63) is 59.5 Å². The predicted octanol–water partition coefficient (Wildman–Crippen LogP) is 3.05. The number of furan rings is 1. The van der Waals surface area contributed by atoms with E-state index in [0.29, 0.717) is 16.9 Å². The number of benzene rings is 1. The van der Waals surface area contributed by atoms with E-state index in [4.69, 9.17) is 4.42 Å². The Kier molecular flexibility index (Phi) is 3.48. The molecule has 22 heavy (non-hydrogen) atoms. The molecule has 0 bridgehead atoms. The summed E-state index contributed by atoms with van der Waals surface area (Å²) < 4.78 is 5.44. The lowest BCUT2D eigenvalue weighted by molar-refractivity contribution is -0.141. The van der Waals surface area contributed by atoms with Crippen molar-refractivity contribution in [2.45, 2.75) is 31.8 Å². The van der Waals surface area contributed by atoms with Crippen LogP contribution in [0, 0.1) is 0 Å². The maximum atomic E-state index is 12.8. The molecule has 1 aliphatic rings. The average Bonchev–Trinajstić information content (AvgIpc) is 3.00. The molecule has 2 atom stereocenters. The number of hydrogen-bond donors (Lipinski definition) is 1. The molecule has 5 nitrogen and oxygen atoms in total. The maximum absolute atomic E-state index is 12.8. The molecule has 2 unspecified atom stereocenters. The molecule has 1 N–H and O–H groups in total. The molecule has 0 spiro atoms. The summed E-state index contributed by atoms with van der Waals surface area (Å²) in [7, 11) is 0. The number of rotatable bonds is 3. The van der Waals surface area contributed by atoms with Crippen LogP contribution < -0.4 is 0 Å². The van der Waals surface area contributed by atoms with Gasteiger partial charge in [-0.1, -0.05) is 18.2 Å². The Morgan fingerprint density at radius 3 is 2.55 bits per heavy atom. The van der Waals surface area contributed by atoms with Crippen molar-refractivity contribution in [3.8, 4) is 0 Å². The molecule has 0 saturated carbocycles. The molecule has 1 aromatic carbocycles. The zero-order valence-corrected chi connectivity index (χ0v) is 12.4. The van der Waals surface area contributed by atoms with Gasteiger partial charge in [0.15, 0.2) is 0 Å². The van der Waals surface area contributed by atoms with Gasteiger partial charge in [-0.05, 0) is 37.6 Å². The first-order chi connectivity index (χ1) is 10.5. The van der Waals surface area contributed by atoms with Crippen LogP contribution in [0.25, 0.3) is 0 Å². The predicted molar refractivity (Wildman–Crippen MR) is 79.6 cm³/mol. The third kappa shape index (κ3) is 2.09. The number of fused-ring (bicyclic) bond motifs is 1. The standard InChI is InChI=1S/C17H17NO4/c1-10(2)18-15(13-8-5-9-22-13)14(17(20)21)11-6-3-4-7-12(11)16(18)19/h3-10,14-15H,1-2H3,(H,20,21). The van der Waals surface area contributed by atoms with Gasteiger partial charge in [-0.25, -0.2) is 0 Å². The van der Waals surface area contributed by atoms with E-state index in [0.717, 1.165) is 0 Å². The Hall–Kier alpha value is -2.56. The van der Waals surface area contributed by atoms with Crippen LogP contribution >= 0.6 is 0 Å². The summed E-state index contributed by atoms with van der Waals surface area (Å²) in [5.74, 6) is -1.48. The van der Waals surface area contributed by atoms with E-state index >= 15 is 0 Å². The quantitative estimate of drug-likeness (QED) is 0.945. The molecule has 114 valence electrons. The summed E-state index contributed by atoms with van der Waals surface area (Å²) in [6.07, 6.45) is 1.50. The fraction of sp³-hybridized carbons (Fsp3) is 0.294. The van der Waals surface area contributed by atoms with Gasteiger partial charge in [0, 0.05) is 11.6 Å². The van der Waals surface area contributed by atoms with Crippen molar-refractivity contribution in [1.82, 2.24) is 4.90 Å². The zero-order chi connectivity index (χ0) is 15.9. The lowest BCUT2D eigenvalue weighted by Gasteiger charge is -2.41. The summed E-state index contributed by atoms with van der Waals surface area (Å²) in [5, 5.41) is 9.76. The number of carbonyl (C=O) groups is 2. The lowest BCUT2D eigenvalue weighted by atomic mass is 9.81. The molecule has 1 aliphatic heterocycles. The Bertz CT molecular complexity index is 705. The SMILES string of the molecule is CC(C)N1C(=O)c2ccccc2C(C(=O)O)C1c1ccco1. The number of carboxylic acid groups (broad SMARTS) is 1. The number of nitrogens with zero attached hydrogens (tertiary/aromatic N) is 1. The van der Waals surface area contributed by atoms with E-state index in [-0.39, 0.29) is 11.9 Å². The Morgan fingerprint density at radius 2 is 1.95 bits per heavy atom. The minimum absolute atomic E-state index is 0.141. The van der Waals surface area contributed by atoms with Gasteiger partial charge >= 0.3 is 5.97 Å². The van der Waals surface area contributed by atoms with Gasteiger partial charge in [0.2, 0.25) is 0 Å². The molecule has 1 aromatic heterocycles. The highest BCUT2D eigenvalue weighted by molar-refractivity contribution is 6.00. The fourth-order valence-corrected chi connectivity index (χ4v) is 3.14. The van der Waals surface area contributed by atoms with Gasteiger partial charge < -0.3 is 14.4 Å². The monoisotopic (exact) mass is 299 g/mol. The molecule has 1 amide bonds. The molecule has 2 heterocycles. The molecule has 0 fully saturated rings. The molecule has 3 rings (SSSR count). The topological polar surface area (TPSA) is 70.8 Å². The van der Waals surface area contributed by atoms with Crippen LogP contribution in [-0.4, -0.2) is 27.9 Å². The minimum atomic E-state index is -0.966. The first-order valence-electron chi connectivity index (χ1n) is 7.20. The van der Waals surface area contributed by atoms with Gasteiger partial charge in [0.25, 0.3) is 5.91 Å². The van der Waals surface area contributed by atoms with Gasteiger partial charge in [0.1, 0.15) is 17.7 Å². The Labute approximate surface area is 128 Å². The summed E-state index contributed by atoms with van der Waals surface area (Å²) in [6.45, 7) is 3.75. The van der Waals surface area contributed by atoms with Crippen molar-refractivity contribution in [2.24, 2.45) is 0 Å². The van der Waals surface area contributed by atoms with Crippen LogP contribution in [0.1, 0.15) is 47.5 Å². The zero-order valence-electron chi connectivity index (χ0n) is 12.4. The van der Waals surface area contributed by atoms with Gasteiger partial charge in [-0.3, -0.25) is 9.59 Å². The van der Waals surface area contributed by atoms with E-state index < -0.39 is 17.9 Å². The lowest BCUT2D eigenvalue weighted by Crippen LogP contribution is -2.48. The third-order valence-corrected chi connectivity index (χ3v) is 4.03. The van der Waals surface area contributed by atoms with Crippen LogP contribution in [0.15, 0.2) is 47.1 Å². The molecule has 0 aliphatic carbocycles. The highest BCUT2D eigenvalue weighted by Crippen LogP contribution is 2.43. The second-order valence-corrected chi connectivity index (χ2v) is 5.67. The van der Waals surface area contributed by atoms with Gasteiger partial charge in [-0.2, -0.15) is 0 Å². The van der Waals surface area contributed by atoms with E-state index in [1.54, 1.807) is 41.3 Å². The number of amides is 1. The number of carboxylic acids is 1. The Morgan fingerprint density at radius 1 is 1.23 bits per heavy atom. The highest BCUT2D eigenvalue weighted by atomic mass is 16.4. The van der Waals surface area contributed by atoms with E-state index in [2.05, 4.69) is 0 Å². The summed E-state index contributed by atoms with van der Waals surface area (Å²) >= 11 is 0. The van der Waals surface area contributed by atoms with Crippen LogP contribution in [-0.2, 0) is 4.79 Å². The third-order valence-electron chi connectivity index (χ3n) is 4.03. The van der Waals surface area contributed by atoms with Crippen LogP contribution in [0.2, 0.25) is 0 Å². The number of hydrogen-bond acceptors (Lipinski definition) is 3. The van der Waals surface area contributed by atoms with E-state index in [1.165, 1.54) is 6.26 Å². The molecule has 0 radical (unpaired) electrons. The van der Waals surface area contributed by atoms with Crippen LogP contribution in [0.4, 0.5) is 0 Å². The first-order valence-corrected chi connectivity index (χ1v) is 7.20. The van der Waals surface area contributed by atoms with Crippen molar-refractivity contribution >= 4 is 11.9 Å². The largest absolute Gasteiger partial charge is 0.481 e. The maximum Gasteiger partial charge on any atom is 0.313 e. The summed E-state index contributed by atoms with van der Waals surface area (Å²) in [6, 6.07) is 9.54. The van der Waals surface area contributed by atoms with Crippen LogP contribution in [0.3, 0.4) is 0 Å². The number of aliphatic carboxylic acids is 1. The van der Waals surface area contributed by atoms with Crippen molar-refractivity contribution in [1.29, 1.82) is 0 Å². The highest BCUT2D eigenvalue weighted by Gasteiger charge is 2.46. The molecular weight excluding hydrogens is 282 g/mol.